The summed E-state index contributed by atoms with van der Waals surface area (Å²) in [6.07, 6.45) is 1.06. The maximum Gasteiger partial charge on any atom is 0.217 e. The van der Waals surface area contributed by atoms with E-state index in [1.165, 1.54) is 0 Å². The van der Waals surface area contributed by atoms with E-state index in [9.17, 15) is 4.79 Å². The Morgan fingerprint density at radius 2 is 2.21 bits per heavy atom. The molecule has 0 saturated heterocycles. The topological polar surface area (TPSA) is 52.3 Å². The summed E-state index contributed by atoms with van der Waals surface area (Å²) in [4.78, 5) is 10.6. The molecule has 3 nitrogen and oxygen atoms in total. The van der Waals surface area contributed by atoms with Crippen molar-refractivity contribution in [1.29, 1.82) is 0 Å². The van der Waals surface area contributed by atoms with Gasteiger partial charge < -0.3 is 10.5 Å². The first kappa shape index (κ1) is 10.6. The number of hydrogen-bond acceptors (Lipinski definition) is 2. The van der Waals surface area contributed by atoms with Crippen molar-refractivity contribution < 1.29 is 9.53 Å². The standard InChI is InChI=1S/C11H15NO2/c1-8-3-5-10(14-2)7-9(8)4-6-11(12)13/h3,5,7H,4,6H2,1-2H3,(H2,12,13). The smallest absolute Gasteiger partial charge is 0.217 e. The Morgan fingerprint density at radius 3 is 2.79 bits per heavy atom. The molecule has 14 heavy (non-hydrogen) atoms. The number of methoxy groups -OCH3 is 1. The molecule has 0 fully saturated rings. The Morgan fingerprint density at radius 1 is 1.50 bits per heavy atom. The molecule has 0 atom stereocenters. The molecule has 0 aromatic heterocycles. The molecule has 1 aromatic carbocycles. The Labute approximate surface area is 83.9 Å². The highest BCUT2D eigenvalue weighted by atomic mass is 16.5. The summed E-state index contributed by atoms with van der Waals surface area (Å²) in [6.45, 7) is 2.01. The zero-order valence-corrected chi connectivity index (χ0v) is 8.54. The number of carbonyl (C=O) groups is 1. The molecule has 1 aromatic rings. The molecule has 0 bridgehead atoms. The first-order valence-electron chi connectivity index (χ1n) is 4.55. The minimum absolute atomic E-state index is 0.271. The third-order valence-corrected chi connectivity index (χ3v) is 2.20. The molecule has 0 aliphatic heterocycles. The van der Waals surface area contributed by atoms with E-state index in [0.717, 1.165) is 16.9 Å². The normalized spacial score (nSPS) is 9.86. The van der Waals surface area contributed by atoms with Gasteiger partial charge in [0.15, 0.2) is 0 Å². The van der Waals surface area contributed by atoms with Crippen LogP contribution < -0.4 is 10.5 Å². The predicted molar refractivity (Wildman–Crippen MR) is 55.2 cm³/mol. The molecule has 0 saturated carbocycles. The number of rotatable bonds is 4. The highest BCUT2D eigenvalue weighted by Gasteiger charge is 2.02. The molecule has 0 heterocycles. The van der Waals surface area contributed by atoms with Crippen molar-refractivity contribution in [3.63, 3.8) is 0 Å². The van der Waals surface area contributed by atoms with Crippen molar-refractivity contribution in [2.75, 3.05) is 7.11 Å². The Kier molecular flexibility index (Phi) is 3.51. The van der Waals surface area contributed by atoms with Gasteiger partial charge in [0, 0.05) is 6.42 Å². The number of hydrogen-bond donors (Lipinski definition) is 1. The van der Waals surface area contributed by atoms with Crippen LogP contribution in [0.3, 0.4) is 0 Å². The summed E-state index contributed by atoms with van der Waals surface area (Å²) in [7, 11) is 1.63. The number of carbonyl (C=O) groups excluding carboxylic acids is 1. The van der Waals surface area contributed by atoms with E-state index >= 15 is 0 Å². The van der Waals surface area contributed by atoms with Crippen LogP contribution in [-0.4, -0.2) is 13.0 Å². The average Bonchev–Trinajstić information content (AvgIpc) is 2.16. The quantitative estimate of drug-likeness (QED) is 0.786. The zero-order valence-electron chi connectivity index (χ0n) is 8.54. The van der Waals surface area contributed by atoms with Crippen molar-refractivity contribution >= 4 is 5.91 Å². The van der Waals surface area contributed by atoms with Gasteiger partial charge in [-0.15, -0.1) is 0 Å². The number of benzene rings is 1. The summed E-state index contributed by atoms with van der Waals surface area (Å²) >= 11 is 0. The summed E-state index contributed by atoms with van der Waals surface area (Å²) in [5.74, 6) is 0.544. The van der Waals surface area contributed by atoms with Gasteiger partial charge in [-0.2, -0.15) is 0 Å². The number of aryl methyl sites for hydroxylation is 2. The van der Waals surface area contributed by atoms with Crippen molar-refractivity contribution in [3.05, 3.63) is 29.3 Å². The minimum Gasteiger partial charge on any atom is -0.497 e. The van der Waals surface area contributed by atoms with Gasteiger partial charge in [-0.05, 0) is 36.6 Å². The number of nitrogens with two attached hydrogens (primary N) is 1. The molecule has 0 aliphatic rings. The highest BCUT2D eigenvalue weighted by Crippen LogP contribution is 2.18. The SMILES string of the molecule is COc1ccc(C)c(CCC(N)=O)c1. The molecular formula is C11H15NO2. The molecule has 0 spiro atoms. The minimum atomic E-state index is -0.271. The van der Waals surface area contributed by atoms with E-state index in [-0.39, 0.29) is 5.91 Å². The van der Waals surface area contributed by atoms with Crippen LogP contribution in [0.5, 0.6) is 5.75 Å². The zero-order chi connectivity index (χ0) is 10.6. The van der Waals surface area contributed by atoms with Gasteiger partial charge in [0.05, 0.1) is 7.11 Å². The van der Waals surface area contributed by atoms with Gasteiger partial charge >= 0.3 is 0 Å². The number of ether oxygens (including phenoxy) is 1. The molecule has 1 rings (SSSR count). The van der Waals surface area contributed by atoms with Crippen LogP contribution in [0.1, 0.15) is 17.5 Å². The van der Waals surface area contributed by atoms with E-state index < -0.39 is 0 Å². The van der Waals surface area contributed by atoms with E-state index in [1.54, 1.807) is 7.11 Å². The van der Waals surface area contributed by atoms with Crippen molar-refractivity contribution in [2.45, 2.75) is 19.8 Å². The summed E-state index contributed by atoms with van der Waals surface area (Å²) < 4.78 is 5.10. The van der Waals surface area contributed by atoms with Crippen LogP contribution in [0.25, 0.3) is 0 Å². The lowest BCUT2D eigenvalue weighted by Crippen LogP contribution is -2.11. The molecule has 2 N–H and O–H groups in total. The lowest BCUT2D eigenvalue weighted by molar-refractivity contribution is -0.117. The first-order valence-corrected chi connectivity index (χ1v) is 4.55. The summed E-state index contributed by atoms with van der Waals surface area (Å²) in [5.41, 5.74) is 7.36. The maximum absolute atomic E-state index is 10.6. The average molecular weight is 193 g/mol. The van der Waals surface area contributed by atoms with Gasteiger partial charge in [0.25, 0.3) is 0 Å². The van der Waals surface area contributed by atoms with Gasteiger partial charge in [-0.25, -0.2) is 0 Å². The second kappa shape index (κ2) is 4.65. The van der Waals surface area contributed by atoms with Gasteiger partial charge in [-0.1, -0.05) is 6.07 Å². The van der Waals surface area contributed by atoms with Crippen LogP contribution in [0.4, 0.5) is 0 Å². The summed E-state index contributed by atoms with van der Waals surface area (Å²) in [5, 5.41) is 0. The molecule has 1 amide bonds. The fourth-order valence-corrected chi connectivity index (χ4v) is 1.30. The lowest BCUT2D eigenvalue weighted by atomic mass is 10.0. The fraction of sp³-hybridized carbons (Fsp3) is 0.364. The third-order valence-electron chi connectivity index (χ3n) is 2.20. The second-order valence-electron chi connectivity index (χ2n) is 3.26. The van der Waals surface area contributed by atoms with Crippen LogP contribution in [0.2, 0.25) is 0 Å². The summed E-state index contributed by atoms with van der Waals surface area (Å²) in [6, 6.07) is 5.83. The monoisotopic (exact) mass is 193 g/mol. The first-order chi connectivity index (χ1) is 6.63. The number of amides is 1. The van der Waals surface area contributed by atoms with E-state index in [1.807, 2.05) is 25.1 Å². The lowest BCUT2D eigenvalue weighted by Gasteiger charge is -2.06. The molecule has 0 aliphatic carbocycles. The predicted octanol–water partition coefficient (Wildman–Crippen LogP) is 1.42. The number of primary amides is 1. The van der Waals surface area contributed by atoms with Crippen LogP contribution in [0.15, 0.2) is 18.2 Å². The Bertz CT molecular complexity index is 334. The Hall–Kier alpha value is -1.51. The van der Waals surface area contributed by atoms with Crippen LogP contribution in [0, 0.1) is 6.92 Å². The molecule has 3 heteroatoms. The molecular weight excluding hydrogens is 178 g/mol. The van der Waals surface area contributed by atoms with Crippen molar-refractivity contribution in [1.82, 2.24) is 0 Å². The van der Waals surface area contributed by atoms with Crippen molar-refractivity contribution in [2.24, 2.45) is 5.73 Å². The molecule has 0 unspecified atom stereocenters. The van der Waals surface area contributed by atoms with Gasteiger partial charge in [0.1, 0.15) is 5.75 Å². The van der Waals surface area contributed by atoms with Crippen LogP contribution in [-0.2, 0) is 11.2 Å². The molecule has 0 radical (unpaired) electrons. The third kappa shape index (κ3) is 2.76. The van der Waals surface area contributed by atoms with Crippen molar-refractivity contribution in [3.8, 4) is 5.75 Å². The molecule has 76 valence electrons. The van der Waals surface area contributed by atoms with Gasteiger partial charge in [0.2, 0.25) is 5.91 Å². The second-order valence-corrected chi connectivity index (χ2v) is 3.26. The van der Waals surface area contributed by atoms with E-state index in [4.69, 9.17) is 10.5 Å². The fourth-order valence-electron chi connectivity index (χ4n) is 1.30. The maximum atomic E-state index is 10.6. The van der Waals surface area contributed by atoms with Crippen LogP contribution >= 0.6 is 0 Å². The largest absolute Gasteiger partial charge is 0.497 e. The Balaban J connectivity index is 2.78. The van der Waals surface area contributed by atoms with E-state index in [0.29, 0.717) is 12.8 Å². The van der Waals surface area contributed by atoms with E-state index in [2.05, 4.69) is 0 Å². The highest BCUT2D eigenvalue weighted by molar-refractivity contribution is 5.74. The van der Waals surface area contributed by atoms with Gasteiger partial charge in [-0.3, -0.25) is 4.79 Å².